The van der Waals surface area contributed by atoms with Gasteiger partial charge in [-0.2, -0.15) is 0 Å². The Labute approximate surface area is 143 Å². The van der Waals surface area contributed by atoms with Crippen LogP contribution in [0.5, 0.6) is 0 Å². The monoisotopic (exact) mass is 377 g/mol. The molecule has 0 aromatic carbocycles. The summed E-state index contributed by atoms with van der Waals surface area (Å²) in [6.07, 6.45) is -16.1. The maximum absolute atomic E-state index is 9.89. The molecule has 10 N–H and O–H groups in total. The van der Waals surface area contributed by atoms with Crippen LogP contribution in [0.2, 0.25) is 0 Å². The Morgan fingerprint density at radius 2 is 1.21 bits per heavy atom. The summed E-state index contributed by atoms with van der Waals surface area (Å²) in [6.45, 7) is -0.648. The number of aliphatic hydroxyl groups excluding tert-OH is 8. The number of nitrogens with two attached hydrogens (primary N) is 1. The van der Waals surface area contributed by atoms with Crippen molar-refractivity contribution in [3.8, 4) is 0 Å². The molecule has 1 saturated carbocycles. The quantitative estimate of drug-likeness (QED) is 0.226. The third-order valence-electron chi connectivity index (χ3n) is 4.29. The van der Waals surface area contributed by atoms with Gasteiger partial charge in [0.2, 0.25) is 0 Å². The molecular weight excluding hydrogens is 354 g/mol. The van der Waals surface area contributed by atoms with E-state index in [0.717, 1.165) is 0 Å². The fourth-order valence-corrected chi connectivity index (χ4v) is 2.74. The summed E-state index contributed by atoms with van der Waals surface area (Å²) in [5, 5.41) is 77.1. The first kappa shape index (κ1) is 21.9. The second kappa shape index (κ2) is 8.49. The normalized spacial score (nSPS) is 52.6. The van der Waals surface area contributed by atoms with Crippen LogP contribution >= 0.6 is 12.4 Å². The third kappa shape index (κ3) is 3.82. The zero-order chi connectivity index (χ0) is 17.5. The highest BCUT2D eigenvalue weighted by Gasteiger charge is 2.52. The molecule has 2 unspecified atom stereocenters. The maximum atomic E-state index is 9.89. The van der Waals surface area contributed by atoms with Crippen LogP contribution in [0.3, 0.4) is 0 Å². The van der Waals surface area contributed by atoms with E-state index in [2.05, 4.69) is 0 Å². The van der Waals surface area contributed by atoms with Crippen LogP contribution < -0.4 is 5.73 Å². The van der Waals surface area contributed by atoms with E-state index in [-0.39, 0.29) is 12.4 Å². The number of ether oxygens (including phenoxy) is 2. The van der Waals surface area contributed by atoms with Gasteiger partial charge in [0.25, 0.3) is 0 Å². The Bertz CT molecular complexity index is 388. The van der Waals surface area contributed by atoms with Crippen LogP contribution in [-0.4, -0.2) is 115 Å². The van der Waals surface area contributed by atoms with E-state index in [0.29, 0.717) is 0 Å². The van der Waals surface area contributed by atoms with Gasteiger partial charge in [0, 0.05) is 0 Å². The number of rotatable bonds is 3. The van der Waals surface area contributed by atoms with E-state index in [4.69, 9.17) is 20.3 Å². The van der Waals surface area contributed by atoms with E-state index >= 15 is 0 Å². The zero-order valence-electron chi connectivity index (χ0n) is 12.4. The highest BCUT2D eigenvalue weighted by Crippen LogP contribution is 2.28. The molecule has 0 aromatic rings. The molecule has 1 aliphatic carbocycles. The van der Waals surface area contributed by atoms with Crippen LogP contribution in [0.15, 0.2) is 0 Å². The molecule has 24 heavy (non-hydrogen) atoms. The minimum atomic E-state index is -1.79. The Morgan fingerprint density at radius 3 is 1.67 bits per heavy atom. The van der Waals surface area contributed by atoms with Gasteiger partial charge < -0.3 is 56.1 Å². The molecule has 0 radical (unpaired) electrons. The van der Waals surface area contributed by atoms with Gasteiger partial charge in [-0.25, -0.2) is 0 Å². The molecule has 11 atom stereocenters. The molecule has 144 valence electrons. The largest absolute Gasteiger partial charge is 0.394 e. The Kier molecular flexibility index (Phi) is 7.74. The van der Waals surface area contributed by atoms with Gasteiger partial charge in [0.15, 0.2) is 6.29 Å². The number of hydrogen-bond donors (Lipinski definition) is 9. The standard InChI is InChI=1S/C12H23NO10.ClH/c13-3-5(16)4(15)2(1-14)22-12(3)23-11-9(20)7(18)6(17)8(19)10(11)21;/h2-12,14-21H,1,13H2;1H/t2-,3-,4-,5-,6?,7-,8+,9-,10-,11?,12-;/m1./s1. The van der Waals surface area contributed by atoms with E-state index in [1.54, 1.807) is 0 Å². The lowest BCUT2D eigenvalue weighted by molar-refractivity contribution is -0.316. The van der Waals surface area contributed by atoms with Gasteiger partial charge in [-0.15, -0.1) is 12.4 Å². The third-order valence-corrected chi connectivity index (χ3v) is 4.29. The van der Waals surface area contributed by atoms with Crippen molar-refractivity contribution in [2.24, 2.45) is 5.73 Å². The molecule has 11 nitrogen and oxygen atoms in total. The van der Waals surface area contributed by atoms with Gasteiger partial charge in [-0.1, -0.05) is 0 Å². The SMILES string of the molecule is Cl.N[C@H]1[C@@H](OC2[C@H](O)[C@H](O)C(O)[C@H](O)[C@H]2O)O[C@H](CO)[C@@H](O)[C@@H]1O. The second-order valence-corrected chi connectivity index (χ2v) is 5.84. The van der Waals surface area contributed by atoms with Crippen molar-refractivity contribution in [1.29, 1.82) is 0 Å². The Morgan fingerprint density at radius 1 is 0.750 bits per heavy atom. The molecule has 12 heteroatoms. The zero-order valence-corrected chi connectivity index (χ0v) is 13.3. The van der Waals surface area contributed by atoms with Gasteiger partial charge >= 0.3 is 0 Å². The van der Waals surface area contributed by atoms with Crippen molar-refractivity contribution >= 4 is 12.4 Å². The van der Waals surface area contributed by atoms with Gasteiger partial charge in [0.05, 0.1) is 12.6 Å². The molecular formula is C12H24ClNO10. The summed E-state index contributed by atoms with van der Waals surface area (Å²) < 4.78 is 10.4. The highest BCUT2D eigenvalue weighted by atomic mass is 35.5. The van der Waals surface area contributed by atoms with Crippen LogP contribution in [0.4, 0.5) is 0 Å². The summed E-state index contributed by atoms with van der Waals surface area (Å²) in [6, 6.07) is -1.28. The highest BCUT2D eigenvalue weighted by molar-refractivity contribution is 5.85. The molecule has 1 aliphatic heterocycles. The number of hydrogen-bond acceptors (Lipinski definition) is 11. The first-order valence-electron chi connectivity index (χ1n) is 7.14. The molecule has 0 spiro atoms. The van der Waals surface area contributed by atoms with Crippen LogP contribution in [0.1, 0.15) is 0 Å². The van der Waals surface area contributed by atoms with E-state index in [1.165, 1.54) is 0 Å². The summed E-state index contributed by atoms with van der Waals surface area (Å²) in [7, 11) is 0. The summed E-state index contributed by atoms with van der Waals surface area (Å²) >= 11 is 0. The summed E-state index contributed by atoms with van der Waals surface area (Å²) in [5.74, 6) is 0. The van der Waals surface area contributed by atoms with Crippen LogP contribution in [-0.2, 0) is 9.47 Å². The average molecular weight is 378 g/mol. The fraction of sp³-hybridized carbons (Fsp3) is 1.00. The smallest absolute Gasteiger partial charge is 0.176 e. The first-order valence-corrected chi connectivity index (χ1v) is 7.14. The van der Waals surface area contributed by atoms with E-state index in [1.807, 2.05) is 0 Å². The topological polar surface area (TPSA) is 206 Å². The predicted octanol–water partition coefficient (Wildman–Crippen LogP) is -5.62. The van der Waals surface area contributed by atoms with E-state index < -0.39 is 73.9 Å². The predicted molar refractivity (Wildman–Crippen MR) is 77.9 cm³/mol. The fourth-order valence-electron chi connectivity index (χ4n) is 2.74. The molecule has 0 amide bonds. The van der Waals surface area contributed by atoms with Crippen molar-refractivity contribution in [3.05, 3.63) is 0 Å². The van der Waals surface area contributed by atoms with Crippen molar-refractivity contribution in [2.75, 3.05) is 6.61 Å². The van der Waals surface area contributed by atoms with E-state index in [9.17, 15) is 35.7 Å². The second-order valence-electron chi connectivity index (χ2n) is 5.84. The van der Waals surface area contributed by atoms with Crippen LogP contribution in [0, 0.1) is 0 Å². The number of halogens is 1. The number of aliphatic hydroxyl groups is 8. The lowest BCUT2D eigenvalue weighted by Crippen LogP contribution is -2.68. The lowest BCUT2D eigenvalue weighted by atomic mass is 9.84. The minimum absolute atomic E-state index is 0. The summed E-state index contributed by atoms with van der Waals surface area (Å²) in [5.41, 5.74) is 5.66. The van der Waals surface area contributed by atoms with Gasteiger partial charge in [0.1, 0.15) is 54.9 Å². The molecule has 2 rings (SSSR count). The maximum Gasteiger partial charge on any atom is 0.176 e. The summed E-state index contributed by atoms with van der Waals surface area (Å²) in [4.78, 5) is 0. The van der Waals surface area contributed by atoms with Crippen molar-refractivity contribution < 1.29 is 50.3 Å². The molecule has 1 saturated heterocycles. The molecule has 0 bridgehead atoms. The molecule has 2 aliphatic rings. The molecule has 2 fully saturated rings. The van der Waals surface area contributed by atoms with Crippen molar-refractivity contribution in [1.82, 2.24) is 0 Å². The van der Waals surface area contributed by atoms with Gasteiger partial charge in [-0.05, 0) is 0 Å². The molecule has 1 heterocycles. The van der Waals surface area contributed by atoms with Crippen LogP contribution in [0.25, 0.3) is 0 Å². The van der Waals surface area contributed by atoms with Crippen molar-refractivity contribution in [2.45, 2.75) is 67.3 Å². The Balaban J connectivity index is 0.00000288. The molecule has 0 aromatic heterocycles. The van der Waals surface area contributed by atoms with Gasteiger partial charge in [-0.3, -0.25) is 0 Å². The lowest BCUT2D eigenvalue weighted by Gasteiger charge is -2.46. The average Bonchev–Trinajstić information content (AvgIpc) is 2.54. The Hall–Kier alpha value is -0.150. The minimum Gasteiger partial charge on any atom is -0.394 e. The van der Waals surface area contributed by atoms with Crippen molar-refractivity contribution in [3.63, 3.8) is 0 Å². The first-order chi connectivity index (χ1) is 10.7.